The van der Waals surface area contributed by atoms with Gasteiger partial charge in [-0.15, -0.1) is 0 Å². The van der Waals surface area contributed by atoms with Gasteiger partial charge in [-0.3, -0.25) is 4.79 Å². The van der Waals surface area contributed by atoms with Gasteiger partial charge in [-0.05, 0) is 68.0 Å². The Bertz CT molecular complexity index is 768. The average Bonchev–Trinajstić information content (AvgIpc) is 2.61. The topological polar surface area (TPSA) is 44.4 Å². The van der Waals surface area contributed by atoms with Crippen LogP contribution in [0, 0.1) is 0 Å². The molecule has 0 aromatic heterocycles. The summed E-state index contributed by atoms with van der Waals surface area (Å²) in [5.41, 5.74) is 1.48. The van der Waals surface area contributed by atoms with E-state index in [1.807, 2.05) is 30.9 Å². The third-order valence-electron chi connectivity index (χ3n) is 3.76. The molecule has 2 aromatic carbocycles. The predicted molar refractivity (Wildman–Crippen MR) is 114 cm³/mol. The van der Waals surface area contributed by atoms with Crippen LogP contribution in [-0.2, 0) is 4.79 Å². The summed E-state index contributed by atoms with van der Waals surface area (Å²) >= 11 is 17.4. The van der Waals surface area contributed by atoms with Crippen LogP contribution in [0.5, 0.6) is 0 Å². The monoisotopic (exact) mass is 409 g/mol. The number of nitrogens with one attached hydrogen (secondary N) is 2. The minimum Gasteiger partial charge on any atom is -0.337 e. The van der Waals surface area contributed by atoms with Gasteiger partial charge in [-0.2, -0.15) is 0 Å². The first-order valence-electron chi connectivity index (χ1n) is 8.30. The van der Waals surface area contributed by atoms with Crippen molar-refractivity contribution in [3.8, 4) is 0 Å². The van der Waals surface area contributed by atoms with Crippen LogP contribution in [0.4, 0.5) is 11.4 Å². The summed E-state index contributed by atoms with van der Waals surface area (Å²) in [5, 5.41) is 7.75. The van der Waals surface area contributed by atoms with Crippen molar-refractivity contribution >= 4 is 57.8 Å². The van der Waals surface area contributed by atoms with E-state index in [4.69, 9.17) is 35.4 Å². The van der Waals surface area contributed by atoms with Gasteiger partial charge in [0.25, 0.3) is 0 Å². The van der Waals surface area contributed by atoms with Gasteiger partial charge in [0.15, 0.2) is 5.11 Å². The molecular formula is C19H21Cl2N3OS. The molecule has 0 aliphatic rings. The van der Waals surface area contributed by atoms with Crippen molar-refractivity contribution < 1.29 is 4.79 Å². The van der Waals surface area contributed by atoms with Gasteiger partial charge in [0, 0.05) is 28.0 Å². The highest BCUT2D eigenvalue weighted by molar-refractivity contribution is 7.80. The Hall–Kier alpha value is -1.82. The highest BCUT2D eigenvalue weighted by Gasteiger charge is 2.23. The molecule has 0 saturated carbocycles. The molecule has 4 nitrogen and oxygen atoms in total. The van der Waals surface area contributed by atoms with E-state index in [0.29, 0.717) is 27.4 Å². The Labute approximate surface area is 169 Å². The van der Waals surface area contributed by atoms with Gasteiger partial charge in [0.1, 0.15) is 6.04 Å². The van der Waals surface area contributed by atoms with E-state index >= 15 is 0 Å². The van der Waals surface area contributed by atoms with Gasteiger partial charge in [-0.25, -0.2) is 0 Å². The zero-order valence-corrected chi connectivity index (χ0v) is 17.0. The maximum Gasteiger partial charge on any atom is 0.246 e. The first-order chi connectivity index (χ1) is 12.4. The first-order valence-corrected chi connectivity index (χ1v) is 9.46. The first kappa shape index (κ1) is 20.5. The van der Waals surface area contributed by atoms with E-state index in [2.05, 4.69) is 10.6 Å². The quantitative estimate of drug-likeness (QED) is 0.624. The lowest BCUT2D eigenvalue weighted by molar-refractivity contribution is -0.119. The molecule has 0 bridgehead atoms. The van der Waals surface area contributed by atoms with E-state index in [1.165, 1.54) is 0 Å². The van der Waals surface area contributed by atoms with Crippen molar-refractivity contribution in [1.29, 1.82) is 0 Å². The maximum atomic E-state index is 12.6. The number of rotatable bonds is 6. The Morgan fingerprint density at radius 1 is 1.08 bits per heavy atom. The summed E-state index contributed by atoms with van der Waals surface area (Å²) in [4.78, 5) is 14.5. The van der Waals surface area contributed by atoms with E-state index < -0.39 is 6.04 Å². The third kappa shape index (κ3) is 5.87. The molecule has 138 valence electrons. The zero-order chi connectivity index (χ0) is 19.1. The van der Waals surface area contributed by atoms with Crippen molar-refractivity contribution in [2.24, 2.45) is 0 Å². The molecule has 7 heteroatoms. The summed E-state index contributed by atoms with van der Waals surface area (Å²) in [7, 11) is 0. The fraction of sp³-hybridized carbons (Fsp3) is 0.263. The van der Waals surface area contributed by atoms with Crippen LogP contribution < -0.4 is 10.6 Å². The number of anilines is 2. The highest BCUT2D eigenvalue weighted by atomic mass is 35.5. The van der Waals surface area contributed by atoms with Crippen LogP contribution in [0.2, 0.25) is 10.0 Å². The molecule has 0 unspecified atom stereocenters. The van der Waals surface area contributed by atoms with Gasteiger partial charge < -0.3 is 15.5 Å². The number of benzene rings is 2. The van der Waals surface area contributed by atoms with Crippen LogP contribution in [0.1, 0.15) is 20.3 Å². The highest BCUT2D eigenvalue weighted by Crippen LogP contribution is 2.17. The second kappa shape index (κ2) is 9.76. The van der Waals surface area contributed by atoms with Gasteiger partial charge in [0.2, 0.25) is 5.91 Å². The molecular weight excluding hydrogens is 389 g/mol. The van der Waals surface area contributed by atoms with Crippen molar-refractivity contribution in [3.05, 3.63) is 58.6 Å². The second-order valence-corrected chi connectivity index (χ2v) is 7.07. The molecule has 2 aromatic rings. The average molecular weight is 410 g/mol. The minimum absolute atomic E-state index is 0.152. The van der Waals surface area contributed by atoms with Crippen LogP contribution in [0.25, 0.3) is 0 Å². The summed E-state index contributed by atoms with van der Waals surface area (Å²) in [5.74, 6) is -0.152. The summed E-state index contributed by atoms with van der Waals surface area (Å²) < 4.78 is 0. The number of hydrogen-bond acceptors (Lipinski definition) is 2. The predicted octanol–water partition coefficient (Wildman–Crippen LogP) is 5.43. The standard InChI is InChI=1S/C19H21Cl2N3OS/c1-3-11-24(19(26)23-16-9-7-14(20)8-10-16)13(2)18(25)22-17-6-4-5-15(21)12-17/h4-10,12-13H,3,11H2,1-2H3,(H,22,25)(H,23,26)/t13-/m0/s1. The van der Waals surface area contributed by atoms with Crippen LogP contribution in [0.15, 0.2) is 48.5 Å². The van der Waals surface area contributed by atoms with Crippen molar-refractivity contribution in [1.82, 2.24) is 4.90 Å². The Morgan fingerprint density at radius 2 is 1.77 bits per heavy atom. The lowest BCUT2D eigenvalue weighted by atomic mass is 10.2. The molecule has 0 heterocycles. The molecule has 0 aliphatic carbocycles. The second-order valence-electron chi connectivity index (χ2n) is 5.81. The van der Waals surface area contributed by atoms with Gasteiger partial charge in [0.05, 0.1) is 0 Å². The number of thiocarbonyl (C=S) groups is 1. The SMILES string of the molecule is CCCN(C(=S)Nc1ccc(Cl)cc1)[C@@H](C)C(=O)Nc1cccc(Cl)c1. The normalized spacial score (nSPS) is 11.5. The summed E-state index contributed by atoms with van der Waals surface area (Å²) in [6, 6.07) is 13.9. The number of nitrogens with zero attached hydrogens (tertiary/aromatic N) is 1. The van der Waals surface area contributed by atoms with Gasteiger partial charge in [-0.1, -0.05) is 36.2 Å². The van der Waals surface area contributed by atoms with Crippen LogP contribution in [-0.4, -0.2) is 28.5 Å². The Morgan fingerprint density at radius 3 is 2.38 bits per heavy atom. The van der Waals surface area contributed by atoms with Crippen molar-refractivity contribution in [3.63, 3.8) is 0 Å². The molecule has 2 rings (SSSR count). The maximum absolute atomic E-state index is 12.6. The molecule has 0 spiro atoms. The molecule has 0 aliphatic heterocycles. The van der Waals surface area contributed by atoms with Crippen molar-refractivity contribution in [2.45, 2.75) is 26.3 Å². The number of amides is 1. The van der Waals surface area contributed by atoms with E-state index in [9.17, 15) is 4.79 Å². The fourth-order valence-corrected chi connectivity index (χ4v) is 3.08. The van der Waals surface area contributed by atoms with Gasteiger partial charge >= 0.3 is 0 Å². The van der Waals surface area contributed by atoms with E-state index in [0.717, 1.165) is 12.1 Å². The van der Waals surface area contributed by atoms with Crippen LogP contribution in [0.3, 0.4) is 0 Å². The lowest BCUT2D eigenvalue weighted by Gasteiger charge is -2.30. The van der Waals surface area contributed by atoms with Crippen molar-refractivity contribution in [2.75, 3.05) is 17.2 Å². The Kier molecular flexibility index (Phi) is 7.69. The smallest absolute Gasteiger partial charge is 0.246 e. The zero-order valence-electron chi connectivity index (χ0n) is 14.6. The number of carbonyl (C=O) groups excluding carboxylic acids is 1. The largest absolute Gasteiger partial charge is 0.337 e. The molecule has 1 atom stereocenters. The van der Waals surface area contributed by atoms with E-state index in [-0.39, 0.29) is 5.91 Å². The molecule has 0 radical (unpaired) electrons. The minimum atomic E-state index is -0.443. The summed E-state index contributed by atoms with van der Waals surface area (Å²) in [6.45, 7) is 4.52. The molecule has 2 N–H and O–H groups in total. The molecule has 0 fully saturated rings. The van der Waals surface area contributed by atoms with E-state index in [1.54, 1.807) is 36.4 Å². The lowest BCUT2D eigenvalue weighted by Crippen LogP contribution is -2.47. The molecule has 26 heavy (non-hydrogen) atoms. The molecule has 1 amide bonds. The van der Waals surface area contributed by atoms with Crippen LogP contribution >= 0.6 is 35.4 Å². The Balaban J connectivity index is 2.07. The molecule has 0 saturated heterocycles. The fourth-order valence-electron chi connectivity index (χ4n) is 2.39. The summed E-state index contributed by atoms with van der Waals surface area (Å²) in [6.07, 6.45) is 0.858. The third-order valence-corrected chi connectivity index (χ3v) is 4.58. The number of halogens is 2. The number of hydrogen-bond donors (Lipinski definition) is 2. The number of carbonyl (C=O) groups is 1.